The Bertz CT molecular complexity index is 1660. The molecular weight excluding hydrogens is 512 g/mol. The molecule has 0 unspecified atom stereocenters. The van der Waals surface area contributed by atoms with Crippen molar-refractivity contribution in [3.05, 3.63) is 81.0 Å². The molecule has 2 aromatic heterocycles. The van der Waals surface area contributed by atoms with Crippen molar-refractivity contribution in [3.63, 3.8) is 0 Å². The number of carbonyl (C=O) groups excluding carboxylic acids is 1. The first-order valence-corrected chi connectivity index (χ1v) is 13.2. The lowest BCUT2D eigenvalue weighted by Gasteiger charge is -2.36. The minimum atomic E-state index is -0.587. The number of rotatable bonds is 5. The van der Waals surface area contributed by atoms with Crippen molar-refractivity contribution >= 4 is 23.2 Å². The molecule has 1 amide bonds. The maximum Gasteiger partial charge on any atom is 0.410 e. The second-order valence-electron chi connectivity index (χ2n) is 10.8. The van der Waals surface area contributed by atoms with Gasteiger partial charge in [-0.25, -0.2) is 9.59 Å². The first-order valence-electron chi connectivity index (χ1n) is 13.2. The highest BCUT2D eigenvalue weighted by molar-refractivity contribution is 5.79. The maximum atomic E-state index is 13.5. The maximum absolute atomic E-state index is 13.5. The number of imidazole rings is 1. The molecule has 1 saturated heterocycles. The van der Waals surface area contributed by atoms with Gasteiger partial charge >= 0.3 is 11.8 Å². The summed E-state index contributed by atoms with van der Waals surface area (Å²) < 4.78 is 16.0. The van der Waals surface area contributed by atoms with Gasteiger partial charge in [0.15, 0.2) is 11.2 Å². The van der Waals surface area contributed by atoms with E-state index in [9.17, 15) is 14.4 Å². The van der Waals surface area contributed by atoms with Crippen LogP contribution < -0.4 is 20.9 Å². The van der Waals surface area contributed by atoms with Crippen LogP contribution in [0.15, 0.2) is 64.2 Å². The van der Waals surface area contributed by atoms with Crippen LogP contribution in [0.2, 0.25) is 0 Å². The van der Waals surface area contributed by atoms with Crippen LogP contribution in [0.3, 0.4) is 0 Å². The van der Waals surface area contributed by atoms with Gasteiger partial charge in [0.25, 0.3) is 5.56 Å². The minimum absolute atomic E-state index is 0.268. The molecule has 0 spiro atoms. The number of anilines is 1. The number of fused-ring (bicyclic) bond motifs is 1. The summed E-state index contributed by atoms with van der Waals surface area (Å²) in [4.78, 5) is 47.4. The van der Waals surface area contributed by atoms with Crippen LogP contribution in [0.4, 0.5) is 10.7 Å². The van der Waals surface area contributed by atoms with E-state index in [-0.39, 0.29) is 17.3 Å². The number of carbonyl (C=O) groups is 1. The molecule has 1 aliphatic heterocycles. The number of para-hydroxylation sites is 2. The molecule has 3 heterocycles. The molecule has 5 rings (SSSR count). The molecule has 11 nitrogen and oxygen atoms in total. The number of aryl methyl sites for hydroxylation is 1. The Balaban J connectivity index is 1.58. The number of hydrogen-bond acceptors (Lipinski definition) is 7. The lowest BCUT2D eigenvalue weighted by molar-refractivity contribution is 0.0240. The number of piperazine rings is 1. The lowest BCUT2D eigenvalue weighted by atomic mass is 10.2. The molecule has 40 heavy (non-hydrogen) atoms. The Labute approximate surface area is 231 Å². The van der Waals surface area contributed by atoms with E-state index in [2.05, 4.69) is 0 Å². The molecule has 1 aliphatic rings. The van der Waals surface area contributed by atoms with Crippen molar-refractivity contribution in [2.24, 2.45) is 14.1 Å². The summed E-state index contributed by atoms with van der Waals surface area (Å²) in [6.07, 6.45) is -0.364. The predicted octanol–water partition coefficient (Wildman–Crippen LogP) is 3.06. The van der Waals surface area contributed by atoms with E-state index in [0.717, 1.165) is 10.1 Å². The van der Waals surface area contributed by atoms with Gasteiger partial charge < -0.3 is 19.3 Å². The van der Waals surface area contributed by atoms with Gasteiger partial charge in [-0.3, -0.25) is 18.5 Å². The molecule has 2 aromatic carbocycles. The van der Waals surface area contributed by atoms with Crippen molar-refractivity contribution < 1.29 is 14.3 Å². The van der Waals surface area contributed by atoms with Gasteiger partial charge in [-0.05, 0) is 38.5 Å². The van der Waals surface area contributed by atoms with Gasteiger partial charge in [-0.15, -0.1) is 0 Å². The van der Waals surface area contributed by atoms with Gasteiger partial charge in [0.1, 0.15) is 18.0 Å². The fourth-order valence-electron chi connectivity index (χ4n) is 4.74. The van der Waals surface area contributed by atoms with E-state index >= 15 is 0 Å². The minimum Gasteiger partial charge on any atom is -0.487 e. The topological polar surface area (TPSA) is 104 Å². The fourth-order valence-corrected chi connectivity index (χ4v) is 4.74. The highest BCUT2D eigenvalue weighted by Gasteiger charge is 2.30. The molecule has 0 atom stereocenters. The molecule has 4 aromatic rings. The molecule has 0 aliphatic carbocycles. The van der Waals surface area contributed by atoms with Gasteiger partial charge in [-0.1, -0.05) is 42.5 Å². The molecule has 0 saturated carbocycles. The smallest absolute Gasteiger partial charge is 0.410 e. The number of hydrogen-bond donors (Lipinski definition) is 0. The molecule has 1 fully saturated rings. The van der Waals surface area contributed by atoms with Crippen LogP contribution in [-0.4, -0.2) is 61.5 Å². The summed E-state index contributed by atoms with van der Waals surface area (Å²) in [5.41, 5.74) is 0.668. The molecule has 0 radical (unpaired) electrons. The van der Waals surface area contributed by atoms with Gasteiger partial charge in [0, 0.05) is 40.3 Å². The van der Waals surface area contributed by atoms with E-state index in [1.807, 2.05) is 80.3 Å². The summed E-state index contributed by atoms with van der Waals surface area (Å²) >= 11 is 0. The lowest BCUT2D eigenvalue weighted by Crippen LogP contribution is -2.50. The largest absolute Gasteiger partial charge is 0.487 e. The average Bonchev–Trinajstić information content (AvgIpc) is 3.34. The molecule has 0 bridgehead atoms. The second-order valence-corrected chi connectivity index (χ2v) is 10.8. The van der Waals surface area contributed by atoms with Gasteiger partial charge in [-0.2, -0.15) is 4.98 Å². The average molecular weight is 547 g/mol. The number of nitrogens with zero attached hydrogens (tertiary/aromatic N) is 6. The Hall–Kier alpha value is -4.54. The second kappa shape index (κ2) is 10.6. The third-order valence-electron chi connectivity index (χ3n) is 6.80. The first-order chi connectivity index (χ1) is 19.0. The fraction of sp³-hybridized carbons (Fsp3) is 0.379. The number of benzene rings is 2. The van der Waals surface area contributed by atoms with Crippen molar-refractivity contribution in [2.75, 3.05) is 31.1 Å². The third-order valence-corrected chi connectivity index (χ3v) is 6.80. The van der Waals surface area contributed by atoms with Crippen molar-refractivity contribution in [3.8, 4) is 11.4 Å². The molecule has 210 valence electrons. The van der Waals surface area contributed by atoms with Crippen molar-refractivity contribution in [1.29, 1.82) is 0 Å². The number of aromatic nitrogens is 4. The highest BCUT2D eigenvalue weighted by Crippen LogP contribution is 2.32. The molecular formula is C29H34N6O5. The van der Waals surface area contributed by atoms with E-state index < -0.39 is 16.9 Å². The third kappa shape index (κ3) is 5.18. The van der Waals surface area contributed by atoms with Crippen LogP contribution >= 0.6 is 0 Å². The van der Waals surface area contributed by atoms with Crippen molar-refractivity contribution in [1.82, 2.24) is 23.6 Å². The predicted molar refractivity (Wildman–Crippen MR) is 152 cm³/mol. The summed E-state index contributed by atoms with van der Waals surface area (Å²) in [6.45, 7) is 7.61. The number of ether oxygens (including phenoxy) is 2. The van der Waals surface area contributed by atoms with Crippen LogP contribution in [0.1, 0.15) is 26.3 Å². The van der Waals surface area contributed by atoms with Crippen LogP contribution in [0, 0.1) is 0 Å². The van der Waals surface area contributed by atoms with E-state index in [4.69, 9.17) is 14.5 Å². The quantitative estimate of drug-likeness (QED) is 0.379. The standard InChI is InChI=1S/C29H34N6O5/c1-29(2,3)40-28(38)34-17-15-33(16-18-34)26-30-24-23(25(36)32(5)27(37)31(24)4)35(26)21-13-9-10-14-22(21)39-19-20-11-7-6-8-12-20/h6-14H,15-19H2,1-5H3. The summed E-state index contributed by atoms with van der Waals surface area (Å²) in [7, 11) is 3.06. The Kier molecular flexibility index (Phi) is 7.14. The van der Waals surface area contributed by atoms with Crippen LogP contribution in [-0.2, 0) is 25.4 Å². The SMILES string of the molecule is Cn1c(=O)c2c(nc(N3CCN(C(=O)OC(C)(C)C)CC3)n2-c2ccccc2OCc2ccccc2)n(C)c1=O. The van der Waals surface area contributed by atoms with E-state index in [1.54, 1.807) is 16.5 Å². The summed E-state index contributed by atoms with van der Waals surface area (Å²) in [5, 5.41) is 0. The first kappa shape index (κ1) is 27.0. The Morgan fingerprint density at radius 1 is 0.900 bits per heavy atom. The number of amides is 1. The van der Waals surface area contributed by atoms with Gasteiger partial charge in [0.05, 0.1) is 5.69 Å². The Morgan fingerprint density at radius 2 is 1.55 bits per heavy atom. The normalized spacial score (nSPS) is 14.0. The van der Waals surface area contributed by atoms with E-state index in [0.29, 0.717) is 50.2 Å². The highest BCUT2D eigenvalue weighted by atomic mass is 16.6. The summed E-state index contributed by atoms with van der Waals surface area (Å²) in [5.74, 6) is 1.06. The van der Waals surface area contributed by atoms with E-state index in [1.165, 1.54) is 11.6 Å². The molecule has 11 heteroatoms. The van der Waals surface area contributed by atoms with Crippen molar-refractivity contribution in [2.45, 2.75) is 33.0 Å². The Morgan fingerprint density at radius 3 is 2.23 bits per heavy atom. The van der Waals surface area contributed by atoms with Crippen LogP contribution in [0.25, 0.3) is 16.9 Å². The van der Waals surface area contributed by atoms with Gasteiger partial charge in [0.2, 0.25) is 5.95 Å². The zero-order valence-corrected chi connectivity index (χ0v) is 23.5. The summed E-state index contributed by atoms with van der Waals surface area (Å²) in [6, 6.07) is 17.3. The molecule has 0 N–H and O–H groups in total. The zero-order chi connectivity index (χ0) is 28.6. The zero-order valence-electron chi connectivity index (χ0n) is 23.5. The van der Waals surface area contributed by atoms with Crippen LogP contribution in [0.5, 0.6) is 5.75 Å². The monoisotopic (exact) mass is 546 g/mol.